The number of benzene rings is 1. The maximum absolute atomic E-state index is 13.2. The summed E-state index contributed by atoms with van der Waals surface area (Å²) in [5.41, 5.74) is 0.472. The van der Waals surface area contributed by atoms with Gasteiger partial charge < -0.3 is 4.74 Å². The molecule has 0 fully saturated rings. The molecule has 1 aromatic rings. The van der Waals surface area contributed by atoms with Crippen LogP contribution >= 0.6 is 0 Å². The van der Waals surface area contributed by atoms with Gasteiger partial charge in [-0.25, -0.2) is 4.39 Å². The first kappa shape index (κ1) is 11.2. The molecule has 0 aliphatic heterocycles. The van der Waals surface area contributed by atoms with Crippen molar-refractivity contribution in [3.05, 3.63) is 35.6 Å². The van der Waals surface area contributed by atoms with E-state index in [0.29, 0.717) is 12.2 Å². The summed E-state index contributed by atoms with van der Waals surface area (Å²) in [5, 5.41) is 8.40. The Morgan fingerprint density at radius 1 is 1.53 bits per heavy atom. The molecule has 1 aromatic carbocycles. The third-order valence-electron chi connectivity index (χ3n) is 1.79. The van der Waals surface area contributed by atoms with Crippen LogP contribution < -0.4 is 0 Å². The lowest BCUT2D eigenvalue weighted by Crippen LogP contribution is -2.09. The van der Waals surface area contributed by atoms with Crippen LogP contribution in [-0.2, 0) is 11.2 Å². The highest BCUT2D eigenvalue weighted by Gasteiger charge is 2.06. The van der Waals surface area contributed by atoms with Gasteiger partial charge in [0.2, 0.25) is 12.1 Å². The molecule has 0 spiro atoms. The normalized spacial score (nSPS) is 10.9. The number of hydrogen-bond donors (Lipinski definition) is 0. The number of aliphatic imine (C=N–C) groups is 1. The van der Waals surface area contributed by atoms with E-state index in [1.54, 1.807) is 31.3 Å². The van der Waals surface area contributed by atoms with Crippen LogP contribution in [0, 0.1) is 17.3 Å². The second kappa shape index (κ2) is 5.76. The van der Waals surface area contributed by atoms with Crippen molar-refractivity contribution in [2.24, 2.45) is 4.99 Å². The highest BCUT2D eigenvalue weighted by atomic mass is 19.1. The van der Waals surface area contributed by atoms with Gasteiger partial charge in [-0.2, -0.15) is 5.26 Å². The van der Waals surface area contributed by atoms with Crippen LogP contribution in [0.4, 0.5) is 4.39 Å². The highest BCUT2D eigenvalue weighted by molar-refractivity contribution is 5.79. The van der Waals surface area contributed by atoms with E-state index < -0.39 is 0 Å². The molecule has 0 saturated heterocycles. The van der Waals surface area contributed by atoms with Gasteiger partial charge in [-0.3, -0.25) is 0 Å². The van der Waals surface area contributed by atoms with E-state index in [0.717, 1.165) is 0 Å². The van der Waals surface area contributed by atoms with Crippen molar-refractivity contribution >= 4 is 5.90 Å². The minimum atomic E-state index is -0.317. The zero-order valence-corrected chi connectivity index (χ0v) is 8.40. The quantitative estimate of drug-likeness (QED) is 0.432. The predicted octanol–water partition coefficient (Wildman–Crippen LogP) is 2.28. The van der Waals surface area contributed by atoms with E-state index in [9.17, 15) is 4.39 Å². The van der Waals surface area contributed by atoms with Gasteiger partial charge in [0.15, 0.2) is 0 Å². The molecule has 0 radical (unpaired) electrons. The van der Waals surface area contributed by atoms with Gasteiger partial charge in [0.25, 0.3) is 0 Å². The topological polar surface area (TPSA) is 45.4 Å². The highest BCUT2D eigenvalue weighted by Crippen LogP contribution is 2.08. The minimum Gasteiger partial charge on any atom is -0.480 e. The second-order valence-corrected chi connectivity index (χ2v) is 2.81. The van der Waals surface area contributed by atoms with E-state index >= 15 is 0 Å². The summed E-state index contributed by atoms with van der Waals surface area (Å²) in [5.74, 6) is -0.0760. The largest absolute Gasteiger partial charge is 0.480 e. The van der Waals surface area contributed by atoms with E-state index in [-0.39, 0.29) is 18.1 Å². The lowest BCUT2D eigenvalue weighted by atomic mass is 10.1. The molecule has 0 saturated carbocycles. The maximum Gasteiger partial charge on any atom is 0.208 e. The Balaban J connectivity index is 2.80. The molecule has 78 valence electrons. The Kier molecular flexibility index (Phi) is 4.30. The molecule has 0 atom stereocenters. The van der Waals surface area contributed by atoms with E-state index in [1.807, 2.05) is 0 Å². The molecule has 0 unspecified atom stereocenters. The lowest BCUT2D eigenvalue weighted by Gasteiger charge is -2.05. The fourth-order valence-corrected chi connectivity index (χ4v) is 1.15. The Morgan fingerprint density at radius 3 is 2.87 bits per heavy atom. The Bertz CT molecular complexity index is 396. The smallest absolute Gasteiger partial charge is 0.208 e. The van der Waals surface area contributed by atoms with Crippen LogP contribution in [0.5, 0.6) is 0 Å². The van der Waals surface area contributed by atoms with Gasteiger partial charge in [0.1, 0.15) is 5.82 Å². The summed E-state index contributed by atoms with van der Waals surface area (Å²) in [6.45, 7) is 2.20. The summed E-state index contributed by atoms with van der Waals surface area (Å²) in [6, 6.07) is 6.35. The Morgan fingerprint density at radius 2 is 2.27 bits per heavy atom. The molecular weight excluding hydrogens is 195 g/mol. The molecular formula is C11H11FN2O. The van der Waals surface area contributed by atoms with Crippen LogP contribution in [0.15, 0.2) is 29.3 Å². The molecule has 1 rings (SSSR count). The molecule has 15 heavy (non-hydrogen) atoms. The molecule has 0 aliphatic rings. The Hall–Kier alpha value is -1.89. The van der Waals surface area contributed by atoms with Crippen molar-refractivity contribution in [2.75, 3.05) is 6.61 Å². The third kappa shape index (κ3) is 3.39. The summed E-state index contributed by atoms with van der Waals surface area (Å²) in [6.07, 6.45) is 1.84. The molecule has 3 nitrogen and oxygen atoms in total. The van der Waals surface area contributed by atoms with E-state index in [1.165, 1.54) is 6.07 Å². The van der Waals surface area contributed by atoms with Crippen molar-refractivity contribution in [2.45, 2.75) is 13.3 Å². The fraction of sp³-hybridized carbons (Fsp3) is 0.273. The number of ether oxygens (including phenoxy) is 1. The van der Waals surface area contributed by atoms with Crippen LogP contribution in [0.25, 0.3) is 0 Å². The van der Waals surface area contributed by atoms with Crippen molar-refractivity contribution in [3.8, 4) is 6.19 Å². The number of hydrogen-bond acceptors (Lipinski definition) is 3. The Labute approximate surface area is 87.8 Å². The first-order valence-corrected chi connectivity index (χ1v) is 4.59. The first-order valence-electron chi connectivity index (χ1n) is 4.59. The first-order chi connectivity index (χ1) is 7.27. The van der Waals surface area contributed by atoms with Gasteiger partial charge in [-0.05, 0) is 18.6 Å². The monoisotopic (exact) mass is 206 g/mol. The average molecular weight is 206 g/mol. The SMILES string of the molecule is CCO/C(Cc1ccccc1F)=N/C#N. The van der Waals surface area contributed by atoms with Gasteiger partial charge in [0.05, 0.1) is 13.0 Å². The van der Waals surface area contributed by atoms with Crippen LogP contribution in [0.3, 0.4) is 0 Å². The van der Waals surface area contributed by atoms with Gasteiger partial charge in [0, 0.05) is 0 Å². The number of nitriles is 1. The van der Waals surface area contributed by atoms with Crippen molar-refractivity contribution in [3.63, 3.8) is 0 Å². The molecule has 0 heterocycles. The fourth-order valence-electron chi connectivity index (χ4n) is 1.15. The summed E-state index contributed by atoms with van der Waals surface area (Å²) < 4.78 is 18.3. The zero-order valence-electron chi connectivity index (χ0n) is 8.40. The minimum absolute atomic E-state index is 0.202. The standard InChI is InChI=1S/C11H11FN2O/c1-2-15-11(14-8-13)7-9-5-3-4-6-10(9)12/h3-6H,2,7H2,1H3/b14-11+. The molecule has 4 heteroatoms. The van der Waals surface area contributed by atoms with E-state index in [2.05, 4.69) is 4.99 Å². The summed E-state index contributed by atoms with van der Waals surface area (Å²) >= 11 is 0. The molecule has 0 aromatic heterocycles. The maximum atomic E-state index is 13.2. The van der Waals surface area contributed by atoms with Gasteiger partial charge in [-0.15, -0.1) is 4.99 Å². The van der Waals surface area contributed by atoms with Crippen LogP contribution in [-0.4, -0.2) is 12.5 Å². The zero-order chi connectivity index (χ0) is 11.1. The second-order valence-electron chi connectivity index (χ2n) is 2.81. The summed E-state index contributed by atoms with van der Waals surface area (Å²) in [4.78, 5) is 3.48. The predicted molar refractivity (Wildman–Crippen MR) is 54.8 cm³/mol. The number of halogens is 1. The van der Waals surface area contributed by atoms with Crippen molar-refractivity contribution in [1.82, 2.24) is 0 Å². The van der Waals surface area contributed by atoms with Crippen molar-refractivity contribution < 1.29 is 9.13 Å². The molecule has 0 aliphatic carbocycles. The molecule has 0 N–H and O–H groups in total. The lowest BCUT2D eigenvalue weighted by molar-refractivity contribution is 0.320. The molecule has 0 amide bonds. The molecule has 0 bridgehead atoms. The summed E-state index contributed by atoms with van der Waals surface area (Å²) in [7, 11) is 0. The number of nitrogens with zero attached hydrogens (tertiary/aromatic N) is 2. The third-order valence-corrected chi connectivity index (χ3v) is 1.79. The van der Waals surface area contributed by atoms with Gasteiger partial charge in [-0.1, -0.05) is 18.2 Å². The van der Waals surface area contributed by atoms with Crippen LogP contribution in [0.1, 0.15) is 12.5 Å². The van der Waals surface area contributed by atoms with E-state index in [4.69, 9.17) is 10.00 Å². The average Bonchev–Trinajstić information content (AvgIpc) is 2.22. The number of rotatable bonds is 3. The van der Waals surface area contributed by atoms with Gasteiger partial charge >= 0.3 is 0 Å². The van der Waals surface area contributed by atoms with Crippen LogP contribution in [0.2, 0.25) is 0 Å². The van der Waals surface area contributed by atoms with Crippen molar-refractivity contribution in [1.29, 1.82) is 5.26 Å².